The van der Waals surface area contributed by atoms with Gasteiger partial charge in [0.1, 0.15) is 11.5 Å². The van der Waals surface area contributed by atoms with Gasteiger partial charge in [-0.15, -0.1) is 0 Å². The molecule has 1 aromatic heterocycles. The minimum Gasteiger partial charge on any atom is -0.507 e. The van der Waals surface area contributed by atoms with E-state index in [1.54, 1.807) is 30.5 Å². The number of ether oxygens (including phenoxy) is 1. The minimum atomic E-state index is -0.360. The summed E-state index contributed by atoms with van der Waals surface area (Å²) < 4.78 is 5.66. The van der Waals surface area contributed by atoms with Crippen molar-refractivity contribution in [3.63, 3.8) is 0 Å². The number of aromatic hydroxyl groups is 1. The van der Waals surface area contributed by atoms with Crippen LogP contribution in [-0.4, -0.2) is 28.8 Å². The molecule has 0 bridgehead atoms. The van der Waals surface area contributed by atoms with Crippen LogP contribution in [0, 0.1) is 0 Å². The maximum atomic E-state index is 13.0. The first-order valence-electron chi connectivity index (χ1n) is 10.9. The maximum absolute atomic E-state index is 13.0. The molecule has 166 valence electrons. The predicted octanol–water partition coefficient (Wildman–Crippen LogP) is 5.55. The molecule has 6 heteroatoms. The number of unbranched alkanes of at least 4 members (excludes halogenated alkanes) is 1. The lowest BCUT2D eigenvalue weighted by molar-refractivity contribution is 0.0956. The molecule has 0 aliphatic rings. The molecule has 0 fully saturated rings. The number of nitrogens with one attached hydrogen (secondary N) is 1. The Hall–Kier alpha value is -4.19. The van der Waals surface area contributed by atoms with Crippen LogP contribution in [0.2, 0.25) is 0 Å². The zero-order chi connectivity index (χ0) is 23.0. The summed E-state index contributed by atoms with van der Waals surface area (Å²) in [5.74, 6) is 0.553. The number of pyridine rings is 1. The number of para-hydroxylation sites is 2. The Kier molecular flexibility index (Phi) is 6.95. The second kappa shape index (κ2) is 10.4. The third-order valence-corrected chi connectivity index (χ3v) is 5.17. The first-order chi connectivity index (χ1) is 16.2. The van der Waals surface area contributed by atoms with Gasteiger partial charge in [-0.25, -0.2) is 10.4 Å². The van der Waals surface area contributed by atoms with E-state index in [0.29, 0.717) is 34.3 Å². The fourth-order valence-electron chi connectivity index (χ4n) is 3.40. The number of hydrogen-bond donors (Lipinski definition) is 2. The molecular formula is C27H25N3O3. The van der Waals surface area contributed by atoms with E-state index in [9.17, 15) is 9.90 Å². The summed E-state index contributed by atoms with van der Waals surface area (Å²) in [5, 5.41) is 15.1. The molecule has 0 aliphatic carbocycles. The van der Waals surface area contributed by atoms with Crippen LogP contribution in [0.3, 0.4) is 0 Å². The van der Waals surface area contributed by atoms with Crippen molar-refractivity contribution in [3.8, 4) is 22.8 Å². The summed E-state index contributed by atoms with van der Waals surface area (Å²) in [7, 11) is 0. The average Bonchev–Trinajstić information content (AvgIpc) is 2.84. The van der Waals surface area contributed by atoms with Crippen LogP contribution >= 0.6 is 0 Å². The summed E-state index contributed by atoms with van der Waals surface area (Å²) in [4.78, 5) is 17.6. The van der Waals surface area contributed by atoms with Crippen LogP contribution in [0.5, 0.6) is 11.5 Å². The molecule has 0 radical (unpaired) electrons. The van der Waals surface area contributed by atoms with E-state index >= 15 is 0 Å². The van der Waals surface area contributed by atoms with Crippen molar-refractivity contribution >= 4 is 23.0 Å². The van der Waals surface area contributed by atoms with Crippen LogP contribution in [0.25, 0.3) is 22.2 Å². The number of hydrogen-bond acceptors (Lipinski definition) is 5. The van der Waals surface area contributed by atoms with E-state index in [4.69, 9.17) is 4.74 Å². The Balaban J connectivity index is 1.54. The molecule has 0 aliphatic heterocycles. The lowest BCUT2D eigenvalue weighted by Crippen LogP contribution is -2.18. The van der Waals surface area contributed by atoms with E-state index in [-0.39, 0.29) is 11.7 Å². The Bertz CT molecular complexity index is 1280. The highest BCUT2D eigenvalue weighted by Crippen LogP contribution is 2.30. The number of phenolic OH excluding ortho intramolecular Hbond substituents is 1. The van der Waals surface area contributed by atoms with Gasteiger partial charge in [-0.3, -0.25) is 4.79 Å². The molecule has 4 aromatic rings. The molecule has 33 heavy (non-hydrogen) atoms. The largest absolute Gasteiger partial charge is 0.507 e. The molecule has 2 N–H and O–H groups in total. The summed E-state index contributed by atoms with van der Waals surface area (Å²) in [5.41, 5.74) is 5.59. The van der Waals surface area contributed by atoms with Crippen LogP contribution in [0.1, 0.15) is 35.7 Å². The van der Waals surface area contributed by atoms with E-state index in [1.807, 2.05) is 54.6 Å². The van der Waals surface area contributed by atoms with Gasteiger partial charge in [0.25, 0.3) is 5.91 Å². The zero-order valence-electron chi connectivity index (χ0n) is 18.4. The number of fused-ring (bicyclic) bond motifs is 1. The second-order valence-corrected chi connectivity index (χ2v) is 7.56. The molecule has 0 spiro atoms. The van der Waals surface area contributed by atoms with Crippen molar-refractivity contribution in [2.75, 3.05) is 6.61 Å². The number of phenols is 1. The smallest absolute Gasteiger partial charge is 0.272 e. The minimum absolute atomic E-state index is 0.104. The normalized spacial score (nSPS) is 11.1. The monoisotopic (exact) mass is 439 g/mol. The summed E-state index contributed by atoms with van der Waals surface area (Å²) >= 11 is 0. The molecule has 0 unspecified atom stereocenters. The molecule has 1 amide bonds. The summed E-state index contributed by atoms with van der Waals surface area (Å²) in [6.45, 7) is 2.82. The third kappa shape index (κ3) is 5.36. The third-order valence-electron chi connectivity index (χ3n) is 5.17. The molecule has 0 atom stereocenters. The van der Waals surface area contributed by atoms with Crippen LogP contribution in [-0.2, 0) is 0 Å². The number of amides is 1. The standard InChI is InChI=1S/C27H25N3O3/c1-2-3-16-33-20-14-12-19(13-15-20)18-28-30-27(32)23-17-25(22-9-5-7-11-26(22)31)29-24-10-6-4-8-21(23)24/h4-15,17-18,31H,2-3,16H2,1H3,(H,30,32)/b28-18-. The lowest BCUT2D eigenvalue weighted by Gasteiger charge is -2.10. The van der Waals surface area contributed by atoms with Gasteiger partial charge in [0.05, 0.1) is 29.6 Å². The van der Waals surface area contributed by atoms with Gasteiger partial charge in [-0.05, 0) is 60.5 Å². The SMILES string of the molecule is CCCCOc1ccc(/C=N\NC(=O)c2cc(-c3ccccc3O)nc3ccccc23)cc1. The van der Waals surface area contributed by atoms with E-state index < -0.39 is 0 Å². The number of carbonyl (C=O) groups excluding carboxylic acids is 1. The van der Waals surface area contributed by atoms with Gasteiger partial charge < -0.3 is 9.84 Å². The average molecular weight is 440 g/mol. The Morgan fingerprint density at radius 2 is 1.82 bits per heavy atom. The van der Waals surface area contributed by atoms with Crippen molar-refractivity contribution in [1.29, 1.82) is 0 Å². The van der Waals surface area contributed by atoms with Crippen LogP contribution in [0.4, 0.5) is 0 Å². The molecular weight excluding hydrogens is 414 g/mol. The highest BCUT2D eigenvalue weighted by Gasteiger charge is 2.15. The number of aromatic nitrogens is 1. The van der Waals surface area contributed by atoms with E-state index in [2.05, 4.69) is 22.4 Å². The second-order valence-electron chi connectivity index (χ2n) is 7.56. The van der Waals surface area contributed by atoms with Crippen LogP contribution in [0.15, 0.2) is 84.0 Å². The van der Waals surface area contributed by atoms with Crippen molar-refractivity contribution in [1.82, 2.24) is 10.4 Å². The van der Waals surface area contributed by atoms with Crippen molar-refractivity contribution in [2.45, 2.75) is 19.8 Å². The fraction of sp³-hybridized carbons (Fsp3) is 0.148. The van der Waals surface area contributed by atoms with Gasteiger partial charge >= 0.3 is 0 Å². The van der Waals surface area contributed by atoms with E-state index in [1.165, 1.54) is 0 Å². The van der Waals surface area contributed by atoms with Crippen molar-refractivity contribution < 1.29 is 14.6 Å². The first kappa shape index (κ1) is 22.0. The number of benzene rings is 3. The lowest BCUT2D eigenvalue weighted by atomic mass is 10.0. The highest BCUT2D eigenvalue weighted by molar-refractivity contribution is 6.07. The van der Waals surface area contributed by atoms with Gasteiger partial charge in [-0.1, -0.05) is 43.7 Å². The Labute approximate surface area is 192 Å². The van der Waals surface area contributed by atoms with Crippen molar-refractivity contribution in [2.24, 2.45) is 5.10 Å². The number of nitrogens with zero attached hydrogens (tertiary/aromatic N) is 2. The quantitative estimate of drug-likeness (QED) is 0.214. The highest BCUT2D eigenvalue weighted by atomic mass is 16.5. The van der Waals surface area contributed by atoms with Gasteiger partial charge in [0.2, 0.25) is 0 Å². The van der Waals surface area contributed by atoms with Gasteiger partial charge in [-0.2, -0.15) is 5.10 Å². The zero-order valence-corrected chi connectivity index (χ0v) is 18.4. The Morgan fingerprint density at radius 3 is 2.61 bits per heavy atom. The van der Waals surface area contributed by atoms with Crippen molar-refractivity contribution in [3.05, 3.63) is 90.0 Å². The van der Waals surface area contributed by atoms with Crippen LogP contribution < -0.4 is 10.2 Å². The molecule has 3 aromatic carbocycles. The number of hydrazone groups is 1. The molecule has 4 rings (SSSR count). The molecule has 0 saturated heterocycles. The molecule has 1 heterocycles. The predicted molar refractivity (Wildman–Crippen MR) is 131 cm³/mol. The Morgan fingerprint density at radius 1 is 1.06 bits per heavy atom. The summed E-state index contributed by atoms with van der Waals surface area (Å²) in [6, 6.07) is 23.5. The molecule has 0 saturated carbocycles. The van der Waals surface area contributed by atoms with Gasteiger partial charge in [0.15, 0.2) is 0 Å². The fourth-order valence-corrected chi connectivity index (χ4v) is 3.40. The summed E-state index contributed by atoms with van der Waals surface area (Å²) in [6.07, 6.45) is 3.69. The van der Waals surface area contributed by atoms with E-state index in [0.717, 1.165) is 24.2 Å². The molecule has 6 nitrogen and oxygen atoms in total. The van der Waals surface area contributed by atoms with Gasteiger partial charge in [0, 0.05) is 10.9 Å². The maximum Gasteiger partial charge on any atom is 0.272 e. The first-order valence-corrected chi connectivity index (χ1v) is 10.9. The number of rotatable bonds is 8. The topological polar surface area (TPSA) is 83.8 Å². The number of carbonyl (C=O) groups is 1.